The highest BCUT2D eigenvalue weighted by atomic mass is 14.5. The summed E-state index contributed by atoms with van der Waals surface area (Å²) in [6, 6.07) is 0. The van der Waals surface area contributed by atoms with Crippen molar-refractivity contribution in [3.63, 3.8) is 0 Å². The van der Waals surface area contributed by atoms with Crippen molar-refractivity contribution in [2.45, 2.75) is 64.7 Å². The van der Waals surface area contributed by atoms with E-state index in [0.29, 0.717) is 0 Å². The molecule has 0 aliphatic heterocycles. The molecule has 0 aromatic carbocycles. The molecular weight excluding hydrogens is 180 g/mol. The lowest BCUT2D eigenvalue weighted by Gasteiger charge is -2.57. The zero-order valence-corrected chi connectivity index (χ0v) is 10.2. The number of hydrogen-bond acceptors (Lipinski definition) is 0. The molecule has 0 amide bonds. The standard InChI is InChI=1S/C15H25/c1-2-3-4-5-15-9-12-6-13(10-15)8-14(7-12)11-15/h4,12-14H,2-3,5-11H2,1H3. The van der Waals surface area contributed by atoms with E-state index in [2.05, 4.69) is 13.3 Å². The van der Waals surface area contributed by atoms with E-state index in [1.54, 1.807) is 38.5 Å². The van der Waals surface area contributed by atoms with Crippen LogP contribution in [-0.4, -0.2) is 0 Å². The predicted octanol–water partition coefficient (Wildman–Crippen LogP) is 4.60. The summed E-state index contributed by atoms with van der Waals surface area (Å²) in [5.41, 5.74) is 0.796. The van der Waals surface area contributed by atoms with E-state index in [-0.39, 0.29) is 0 Å². The smallest absolute Gasteiger partial charge is 0.0287 e. The Balaban J connectivity index is 1.65. The van der Waals surface area contributed by atoms with Crippen LogP contribution < -0.4 is 0 Å². The third-order valence-electron chi connectivity index (χ3n) is 5.24. The van der Waals surface area contributed by atoms with Gasteiger partial charge in [0.25, 0.3) is 0 Å². The van der Waals surface area contributed by atoms with Gasteiger partial charge in [-0.2, -0.15) is 0 Å². The van der Waals surface area contributed by atoms with Gasteiger partial charge >= 0.3 is 0 Å². The van der Waals surface area contributed by atoms with Gasteiger partial charge in [-0.1, -0.05) is 19.8 Å². The van der Waals surface area contributed by atoms with Crippen LogP contribution in [0.5, 0.6) is 0 Å². The molecule has 0 heteroatoms. The molecule has 4 saturated carbocycles. The summed E-state index contributed by atoms with van der Waals surface area (Å²) in [6.45, 7) is 2.30. The third-order valence-corrected chi connectivity index (χ3v) is 5.24. The summed E-state index contributed by atoms with van der Waals surface area (Å²) in [5.74, 6) is 3.39. The van der Waals surface area contributed by atoms with Crippen LogP contribution in [0.2, 0.25) is 0 Å². The Morgan fingerprint density at radius 1 is 1.00 bits per heavy atom. The minimum absolute atomic E-state index is 0.796. The summed E-state index contributed by atoms with van der Waals surface area (Å²) < 4.78 is 0. The minimum atomic E-state index is 0.796. The molecule has 85 valence electrons. The maximum absolute atomic E-state index is 2.60. The fraction of sp³-hybridized carbons (Fsp3) is 0.933. The topological polar surface area (TPSA) is 0 Å². The van der Waals surface area contributed by atoms with Gasteiger partial charge in [0.05, 0.1) is 0 Å². The van der Waals surface area contributed by atoms with Crippen molar-refractivity contribution in [3.8, 4) is 0 Å². The lowest BCUT2D eigenvalue weighted by molar-refractivity contribution is -0.0530. The first kappa shape index (κ1) is 10.2. The van der Waals surface area contributed by atoms with Crippen LogP contribution in [0.4, 0.5) is 0 Å². The van der Waals surface area contributed by atoms with Crippen molar-refractivity contribution in [2.75, 3.05) is 0 Å². The summed E-state index contributed by atoms with van der Waals surface area (Å²) >= 11 is 0. The Hall–Kier alpha value is 0. The van der Waals surface area contributed by atoms with Gasteiger partial charge in [0, 0.05) is 0 Å². The van der Waals surface area contributed by atoms with E-state index in [1.807, 2.05) is 0 Å². The van der Waals surface area contributed by atoms with Crippen LogP contribution in [0.25, 0.3) is 0 Å². The normalized spacial score (nSPS) is 47.4. The maximum Gasteiger partial charge on any atom is -0.0287 e. The Labute approximate surface area is 94.8 Å². The van der Waals surface area contributed by atoms with E-state index in [9.17, 15) is 0 Å². The van der Waals surface area contributed by atoms with Gasteiger partial charge in [-0.05, 0) is 74.5 Å². The van der Waals surface area contributed by atoms with Crippen molar-refractivity contribution in [1.82, 2.24) is 0 Å². The van der Waals surface area contributed by atoms with Crippen LogP contribution in [0.3, 0.4) is 0 Å². The highest BCUT2D eigenvalue weighted by Crippen LogP contribution is 2.61. The molecule has 0 aromatic rings. The molecular formula is C15H25. The van der Waals surface area contributed by atoms with Crippen molar-refractivity contribution in [1.29, 1.82) is 0 Å². The Morgan fingerprint density at radius 2 is 1.53 bits per heavy atom. The monoisotopic (exact) mass is 205 g/mol. The quantitative estimate of drug-likeness (QED) is 0.588. The molecule has 0 N–H and O–H groups in total. The molecule has 0 spiro atoms. The summed E-state index contributed by atoms with van der Waals surface area (Å²) in [5, 5.41) is 0. The molecule has 4 bridgehead atoms. The highest BCUT2D eigenvalue weighted by Gasteiger charge is 2.50. The SMILES string of the molecule is CCC[CH]CC12CC3CC(CC(C3)C1)C2. The zero-order chi connectivity index (χ0) is 10.3. The second-order valence-electron chi connectivity index (χ2n) is 6.70. The van der Waals surface area contributed by atoms with Crippen LogP contribution in [0, 0.1) is 29.6 Å². The molecule has 0 atom stereocenters. The van der Waals surface area contributed by atoms with Crippen molar-refractivity contribution < 1.29 is 0 Å². The van der Waals surface area contributed by atoms with E-state index < -0.39 is 0 Å². The van der Waals surface area contributed by atoms with E-state index in [4.69, 9.17) is 0 Å². The van der Waals surface area contributed by atoms with E-state index >= 15 is 0 Å². The van der Waals surface area contributed by atoms with Gasteiger partial charge < -0.3 is 0 Å². The maximum atomic E-state index is 2.60. The van der Waals surface area contributed by atoms with Crippen molar-refractivity contribution in [3.05, 3.63) is 6.42 Å². The molecule has 0 unspecified atom stereocenters. The minimum Gasteiger partial charge on any atom is -0.0654 e. The largest absolute Gasteiger partial charge is 0.0654 e. The van der Waals surface area contributed by atoms with Crippen molar-refractivity contribution >= 4 is 0 Å². The van der Waals surface area contributed by atoms with Crippen LogP contribution in [-0.2, 0) is 0 Å². The number of unbranched alkanes of at least 4 members (excludes halogenated alkanes) is 2. The molecule has 0 saturated heterocycles. The van der Waals surface area contributed by atoms with Crippen LogP contribution in [0.1, 0.15) is 64.7 Å². The van der Waals surface area contributed by atoms with Crippen molar-refractivity contribution in [2.24, 2.45) is 23.2 Å². The second kappa shape index (κ2) is 3.79. The molecule has 0 aromatic heterocycles. The summed E-state index contributed by atoms with van der Waals surface area (Å²) in [7, 11) is 0. The summed E-state index contributed by atoms with van der Waals surface area (Å²) in [6.07, 6.45) is 16.3. The molecule has 15 heavy (non-hydrogen) atoms. The van der Waals surface area contributed by atoms with Gasteiger partial charge in [0.2, 0.25) is 0 Å². The molecule has 0 nitrogen and oxygen atoms in total. The lowest BCUT2D eigenvalue weighted by Crippen LogP contribution is -2.45. The number of hydrogen-bond donors (Lipinski definition) is 0. The van der Waals surface area contributed by atoms with Crippen LogP contribution in [0.15, 0.2) is 0 Å². The summed E-state index contributed by atoms with van der Waals surface area (Å²) in [4.78, 5) is 0. The fourth-order valence-electron chi connectivity index (χ4n) is 5.15. The first-order chi connectivity index (χ1) is 7.30. The molecule has 4 aliphatic rings. The van der Waals surface area contributed by atoms with Crippen LogP contribution >= 0.6 is 0 Å². The van der Waals surface area contributed by atoms with Gasteiger partial charge in [0.1, 0.15) is 0 Å². The Bertz CT molecular complexity index is 193. The molecule has 4 aliphatic carbocycles. The van der Waals surface area contributed by atoms with E-state index in [1.165, 1.54) is 19.3 Å². The molecule has 4 rings (SSSR count). The predicted molar refractivity (Wildman–Crippen MR) is 64.4 cm³/mol. The molecule has 0 heterocycles. The Morgan fingerprint density at radius 3 is 2.00 bits per heavy atom. The third kappa shape index (κ3) is 1.85. The lowest BCUT2D eigenvalue weighted by atomic mass is 9.48. The van der Waals surface area contributed by atoms with Gasteiger partial charge in [-0.25, -0.2) is 0 Å². The van der Waals surface area contributed by atoms with Gasteiger partial charge in [-0.3, -0.25) is 0 Å². The first-order valence-electron chi connectivity index (χ1n) is 7.11. The molecule has 4 fully saturated rings. The second-order valence-corrected chi connectivity index (χ2v) is 6.70. The first-order valence-corrected chi connectivity index (χ1v) is 7.11. The molecule has 1 radical (unpaired) electrons. The number of rotatable bonds is 4. The average molecular weight is 205 g/mol. The average Bonchev–Trinajstić information content (AvgIpc) is 2.15. The highest BCUT2D eigenvalue weighted by molar-refractivity contribution is 5.02. The Kier molecular flexibility index (Phi) is 2.57. The van der Waals surface area contributed by atoms with E-state index in [0.717, 1.165) is 23.2 Å². The fourth-order valence-corrected chi connectivity index (χ4v) is 5.15. The zero-order valence-electron chi connectivity index (χ0n) is 10.2. The van der Waals surface area contributed by atoms with Gasteiger partial charge in [0.15, 0.2) is 0 Å². The van der Waals surface area contributed by atoms with Gasteiger partial charge in [-0.15, -0.1) is 0 Å².